The third kappa shape index (κ3) is 5.15. The fourth-order valence-electron chi connectivity index (χ4n) is 1.94. The number of aromatic nitrogens is 3. The zero-order valence-electron chi connectivity index (χ0n) is 12.7. The van der Waals surface area contributed by atoms with E-state index in [0.717, 1.165) is 11.1 Å². The van der Waals surface area contributed by atoms with Crippen LogP contribution in [0.4, 0.5) is 0 Å². The fourth-order valence-corrected chi connectivity index (χ4v) is 2.08. The van der Waals surface area contributed by atoms with Crippen LogP contribution in [0.5, 0.6) is 0 Å². The second-order valence-electron chi connectivity index (χ2n) is 4.93. The highest BCUT2D eigenvalue weighted by Gasteiger charge is 2.09. The lowest BCUT2D eigenvalue weighted by atomic mass is 10.1. The monoisotopic (exact) mass is 332 g/mol. The highest BCUT2D eigenvalue weighted by atomic mass is 32.1. The lowest BCUT2D eigenvalue weighted by Crippen LogP contribution is -2.49. The quantitative estimate of drug-likeness (QED) is 0.549. The van der Waals surface area contributed by atoms with Gasteiger partial charge in [0.2, 0.25) is 0 Å². The topological polar surface area (TPSA) is 101 Å². The van der Waals surface area contributed by atoms with Gasteiger partial charge in [0.25, 0.3) is 11.8 Å². The lowest BCUT2D eigenvalue weighted by Gasteiger charge is -2.11. The van der Waals surface area contributed by atoms with Gasteiger partial charge in [-0.2, -0.15) is 5.10 Å². The molecule has 3 N–H and O–H groups in total. The zero-order valence-corrected chi connectivity index (χ0v) is 13.5. The molecule has 8 nitrogen and oxygen atoms in total. The van der Waals surface area contributed by atoms with Crippen molar-refractivity contribution in [2.24, 2.45) is 0 Å². The summed E-state index contributed by atoms with van der Waals surface area (Å²) in [6, 6.07) is 5.49. The Morgan fingerprint density at radius 3 is 2.48 bits per heavy atom. The second kappa shape index (κ2) is 7.45. The van der Waals surface area contributed by atoms with Crippen LogP contribution in [-0.2, 0) is 11.3 Å². The largest absolute Gasteiger partial charge is 0.298 e. The molecule has 0 fully saturated rings. The molecule has 2 aromatic rings. The third-order valence-electron chi connectivity index (χ3n) is 2.80. The van der Waals surface area contributed by atoms with E-state index in [4.69, 9.17) is 12.2 Å². The number of benzene rings is 1. The molecule has 0 aliphatic rings. The zero-order chi connectivity index (χ0) is 16.8. The number of rotatable bonds is 3. The number of carbonyl (C=O) groups is 2. The van der Waals surface area contributed by atoms with Gasteiger partial charge >= 0.3 is 0 Å². The number of nitrogens with one attached hydrogen (secondary N) is 3. The van der Waals surface area contributed by atoms with Gasteiger partial charge in [0.15, 0.2) is 5.11 Å². The molecule has 0 atom stereocenters. The van der Waals surface area contributed by atoms with E-state index in [-0.39, 0.29) is 23.5 Å². The third-order valence-corrected chi connectivity index (χ3v) is 3.00. The number of hydrazine groups is 1. The van der Waals surface area contributed by atoms with Gasteiger partial charge in [-0.1, -0.05) is 17.2 Å². The van der Waals surface area contributed by atoms with Crippen LogP contribution in [0, 0.1) is 13.8 Å². The molecule has 1 aromatic heterocycles. The maximum atomic E-state index is 12.1. The minimum Gasteiger partial charge on any atom is -0.298 e. The van der Waals surface area contributed by atoms with E-state index in [1.165, 1.54) is 17.3 Å². The van der Waals surface area contributed by atoms with E-state index < -0.39 is 0 Å². The van der Waals surface area contributed by atoms with Crippen LogP contribution in [0.25, 0.3) is 0 Å². The molecule has 1 aromatic carbocycles. The summed E-state index contributed by atoms with van der Waals surface area (Å²) >= 11 is 4.97. The highest BCUT2D eigenvalue weighted by Crippen LogP contribution is 2.08. The first-order valence-corrected chi connectivity index (χ1v) is 7.16. The van der Waals surface area contributed by atoms with Crippen LogP contribution >= 0.6 is 12.2 Å². The Labute approximate surface area is 138 Å². The summed E-state index contributed by atoms with van der Waals surface area (Å²) in [5, 5.41) is 6.30. The average Bonchev–Trinajstić information content (AvgIpc) is 2.97. The molecule has 2 rings (SSSR count). The molecule has 2 amide bonds. The molecule has 0 bridgehead atoms. The number of hydrogen-bond donors (Lipinski definition) is 3. The molecular formula is C14H16N6O2S. The van der Waals surface area contributed by atoms with Crippen LogP contribution in [0.3, 0.4) is 0 Å². The first-order chi connectivity index (χ1) is 10.9. The number of hydrogen-bond acceptors (Lipinski definition) is 5. The molecule has 0 saturated heterocycles. The predicted molar refractivity (Wildman–Crippen MR) is 87.3 cm³/mol. The minimum absolute atomic E-state index is 0.00102. The number of nitrogens with zero attached hydrogens (tertiary/aromatic N) is 3. The molecule has 9 heteroatoms. The Hall–Kier alpha value is -2.81. The summed E-state index contributed by atoms with van der Waals surface area (Å²) in [7, 11) is 0. The van der Waals surface area contributed by atoms with E-state index in [2.05, 4.69) is 26.3 Å². The Bertz CT molecular complexity index is 709. The van der Waals surface area contributed by atoms with Crippen LogP contribution in [0.2, 0.25) is 0 Å². The maximum Gasteiger partial charge on any atom is 0.260 e. The molecule has 0 saturated carbocycles. The molecule has 23 heavy (non-hydrogen) atoms. The molecule has 1 heterocycles. The van der Waals surface area contributed by atoms with Crippen LogP contribution < -0.4 is 16.2 Å². The Morgan fingerprint density at radius 1 is 1.17 bits per heavy atom. The summed E-state index contributed by atoms with van der Waals surface area (Å²) in [6.07, 6.45) is 2.75. The van der Waals surface area contributed by atoms with Crippen molar-refractivity contribution in [2.75, 3.05) is 0 Å². The van der Waals surface area contributed by atoms with Gasteiger partial charge in [-0.3, -0.25) is 25.8 Å². The first-order valence-electron chi connectivity index (χ1n) is 6.75. The summed E-state index contributed by atoms with van der Waals surface area (Å²) in [6.45, 7) is 3.80. The Kier molecular flexibility index (Phi) is 5.36. The summed E-state index contributed by atoms with van der Waals surface area (Å²) in [4.78, 5) is 27.4. The van der Waals surface area contributed by atoms with Crippen molar-refractivity contribution in [3.05, 3.63) is 47.5 Å². The van der Waals surface area contributed by atoms with Gasteiger partial charge in [-0.05, 0) is 38.2 Å². The van der Waals surface area contributed by atoms with Gasteiger partial charge < -0.3 is 0 Å². The number of aryl methyl sites for hydroxylation is 2. The van der Waals surface area contributed by atoms with Gasteiger partial charge in [0.1, 0.15) is 19.2 Å². The SMILES string of the molecule is Cc1cc(C)cc(C(=O)NC(=S)NNC(=O)Cn2cncn2)c1. The standard InChI is InChI=1S/C14H16N6O2S/c1-9-3-10(2)5-11(4-9)13(22)17-14(23)19-18-12(21)6-20-8-15-7-16-20/h3-5,7-8H,6H2,1-2H3,(H,18,21)(H2,17,19,22,23). The summed E-state index contributed by atoms with van der Waals surface area (Å²) < 4.78 is 1.36. The first kappa shape index (κ1) is 16.6. The van der Waals surface area contributed by atoms with Crippen molar-refractivity contribution in [1.29, 1.82) is 0 Å². The molecular weight excluding hydrogens is 316 g/mol. The molecule has 0 radical (unpaired) electrons. The van der Waals surface area contributed by atoms with Crippen LogP contribution in [0.15, 0.2) is 30.9 Å². The normalized spacial score (nSPS) is 10.0. The van der Waals surface area contributed by atoms with E-state index >= 15 is 0 Å². The molecule has 0 aliphatic carbocycles. The molecule has 0 aliphatic heterocycles. The maximum absolute atomic E-state index is 12.1. The summed E-state index contributed by atoms with van der Waals surface area (Å²) in [5.41, 5.74) is 7.29. The minimum atomic E-state index is -0.376. The van der Waals surface area contributed by atoms with E-state index in [1.807, 2.05) is 19.9 Å². The number of thiocarbonyl (C=S) groups is 1. The van der Waals surface area contributed by atoms with Crippen molar-refractivity contribution in [3.8, 4) is 0 Å². The molecule has 0 spiro atoms. The van der Waals surface area contributed by atoms with E-state index in [1.54, 1.807) is 12.1 Å². The Balaban J connectivity index is 1.82. The predicted octanol–water partition coefficient (Wildman–Crippen LogP) is 0.231. The Morgan fingerprint density at radius 2 is 1.87 bits per heavy atom. The van der Waals surface area contributed by atoms with Crippen molar-refractivity contribution in [1.82, 2.24) is 30.9 Å². The van der Waals surface area contributed by atoms with Crippen LogP contribution in [0.1, 0.15) is 21.5 Å². The molecule has 120 valence electrons. The average molecular weight is 332 g/mol. The van der Waals surface area contributed by atoms with Crippen molar-refractivity contribution >= 4 is 29.1 Å². The number of carbonyl (C=O) groups excluding carboxylic acids is 2. The van der Waals surface area contributed by atoms with Gasteiger partial charge in [-0.25, -0.2) is 9.67 Å². The fraction of sp³-hybridized carbons (Fsp3) is 0.214. The van der Waals surface area contributed by atoms with Crippen LogP contribution in [-0.4, -0.2) is 31.7 Å². The van der Waals surface area contributed by atoms with Crippen molar-refractivity contribution in [2.45, 2.75) is 20.4 Å². The number of amides is 2. The van der Waals surface area contributed by atoms with Crippen molar-refractivity contribution in [3.63, 3.8) is 0 Å². The summed E-state index contributed by atoms with van der Waals surface area (Å²) in [5.74, 6) is -0.724. The van der Waals surface area contributed by atoms with E-state index in [9.17, 15) is 9.59 Å². The van der Waals surface area contributed by atoms with Gasteiger partial charge in [-0.15, -0.1) is 0 Å². The van der Waals surface area contributed by atoms with Crippen molar-refractivity contribution < 1.29 is 9.59 Å². The van der Waals surface area contributed by atoms with E-state index in [0.29, 0.717) is 5.56 Å². The lowest BCUT2D eigenvalue weighted by molar-refractivity contribution is -0.122. The molecule has 0 unspecified atom stereocenters. The second-order valence-corrected chi connectivity index (χ2v) is 5.33. The van der Waals surface area contributed by atoms with Gasteiger partial charge in [0, 0.05) is 5.56 Å². The smallest absolute Gasteiger partial charge is 0.260 e. The highest BCUT2D eigenvalue weighted by molar-refractivity contribution is 7.80. The van der Waals surface area contributed by atoms with Gasteiger partial charge in [0.05, 0.1) is 0 Å².